The predicted molar refractivity (Wildman–Crippen MR) is 78.9 cm³/mol. The molecule has 0 amide bonds. The van der Waals surface area contributed by atoms with Crippen molar-refractivity contribution in [3.8, 4) is 0 Å². The second-order valence-electron chi connectivity index (χ2n) is 4.56. The van der Waals surface area contributed by atoms with Crippen molar-refractivity contribution in [3.05, 3.63) is 42.7 Å². The standard InChI is InChI=1S/C14H16N2OS2/c17-19(13-4-2-1-3-5-13)11-10-18-14-15-8-9-16(14)12-6-7-12/h1-5,8-9,12H,6-7,10-11H2/t19-/m0/s1. The fourth-order valence-corrected chi connectivity index (χ4v) is 4.25. The topological polar surface area (TPSA) is 34.9 Å². The molecule has 0 unspecified atom stereocenters. The number of thioether (sulfide) groups is 1. The smallest absolute Gasteiger partial charge is 0.168 e. The van der Waals surface area contributed by atoms with Gasteiger partial charge in [-0.05, 0) is 25.0 Å². The molecule has 2 aromatic rings. The van der Waals surface area contributed by atoms with Gasteiger partial charge in [-0.1, -0.05) is 30.0 Å². The van der Waals surface area contributed by atoms with E-state index in [2.05, 4.69) is 9.55 Å². The molecule has 5 heteroatoms. The van der Waals surface area contributed by atoms with Crippen LogP contribution in [0.2, 0.25) is 0 Å². The van der Waals surface area contributed by atoms with E-state index in [4.69, 9.17) is 0 Å². The molecule has 3 rings (SSSR count). The summed E-state index contributed by atoms with van der Waals surface area (Å²) in [5.74, 6) is 1.51. The van der Waals surface area contributed by atoms with E-state index in [1.165, 1.54) is 12.8 Å². The Morgan fingerprint density at radius 2 is 2.11 bits per heavy atom. The van der Waals surface area contributed by atoms with Crippen LogP contribution in [0.5, 0.6) is 0 Å². The SMILES string of the molecule is O=[S@@](CCSc1nccn1C1CC1)c1ccccc1. The largest absolute Gasteiger partial charge is 0.323 e. The van der Waals surface area contributed by atoms with Crippen molar-refractivity contribution in [1.29, 1.82) is 0 Å². The van der Waals surface area contributed by atoms with Crippen molar-refractivity contribution in [3.63, 3.8) is 0 Å². The van der Waals surface area contributed by atoms with Crippen LogP contribution in [-0.4, -0.2) is 25.3 Å². The Labute approximate surface area is 119 Å². The highest BCUT2D eigenvalue weighted by molar-refractivity contribution is 8.00. The van der Waals surface area contributed by atoms with E-state index in [9.17, 15) is 4.21 Å². The zero-order valence-corrected chi connectivity index (χ0v) is 12.2. The molecule has 0 radical (unpaired) electrons. The molecule has 0 saturated heterocycles. The van der Waals surface area contributed by atoms with Crippen molar-refractivity contribution in [2.45, 2.75) is 28.9 Å². The number of benzene rings is 1. The lowest BCUT2D eigenvalue weighted by Crippen LogP contribution is -2.02. The van der Waals surface area contributed by atoms with Crippen LogP contribution < -0.4 is 0 Å². The summed E-state index contributed by atoms with van der Waals surface area (Å²) in [7, 11) is -0.904. The van der Waals surface area contributed by atoms with Crippen molar-refractivity contribution in [2.24, 2.45) is 0 Å². The first-order valence-electron chi connectivity index (χ1n) is 6.43. The molecular formula is C14H16N2OS2. The van der Waals surface area contributed by atoms with Crippen LogP contribution in [0.1, 0.15) is 18.9 Å². The number of rotatable bonds is 6. The Kier molecular flexibility index (Phi) is 4.03. The Hall–Kier alpha value is -1.07. The molecule has 0 spiro atoms. The van der Waals surface area contributed by atoms with Gasteiger partial charge in [-0.3, -0.25) is 4.21 Å². The van der Waals surface area contributed by atoms with E-state index in [1.807, 2.05) is 42.7 Å². The summed E-state index contributed by atoms with van der Waals surface area (Å²) in [6.07, 6.45) is 6.43. The summed E-state index contributed by atoms with van der Waals surface area (Å²) in [6.45, 7) is 0. The molecule has 0 bridgehead atoms. The average molecular weight is 292 g/mol. The molecule has 1 aliphatic carbocycles. The molecule has 1 atom stereocenters. The minimum atomic E-state index is -0.904. The monoisotopic (exact) mass is 292 g/mol. The van der Waals surface area contributed by atoms with E-state index in [1.54, 1.807) is 11.8 Å². The van der Waals surface area contributed by atoms with Gasteiger partial charge in [0.1, 0.15) is 0 Å². The molecule has 100 valence electrons. The van der Waals surface area contributed by atoms with Crippen LogP contribution >= 0.6 is 11.8 Å². The van der Waals surface area contributed by atoms with Crippen LogP contribution in [0.3, 0.4) is 0 Å². The number of hydrogen-bond donors (Lipinski definition) is 0. The van der Waals surface area contributed by atoms with Crippen molar-refractivity contribution in [1.82, 2.24) is 9.55 Å². The molecule has 1 aromatic carbocycles. The van der Waals surface area contributed by atoms with Gasteiger partial charge < -0.3 is 4.57 Å². The molecule has 1 aliphatic rings. The Morgan fingerprint density at radius 3 is 2.84 bits per heavy atom. The molecule has 1 heterocycles. The molecule has 0 aliphatic heterocycles. The molecular weight excluding hydrogens is 276 g/mol. The molecule has 1 fully saturated rings. The minimum absolute atomic E-state index is 0.657. The predicted octanol–water partition coefficient (Wildman–Crippen LogP) is 3.12. The van der Waals surface area contributed by atoms with Gasteiger partial charge in [-0.2, -0.15) is 0 Å². The normalized spacial score (nSPS) is 16.4. The van der Waals surface area contributed by atoms with Gasteiger partial charge in [-0.15, -0.1) is 0 Å². The highest BCUT2D eigenvalue weighted by atomic mass is 32.2. The molecule has 1 aromatic heterocycles. The maximum Gasteiger partial charge on any atom is 0.168 e. The van der Waals surface area contributed by atoms with Crippen LogP contribution in [0.25, 0.3) is 0 Å². The lowest BCUT2D eigenvalue weighted by Gasteiger charge is -2.05. The maximum atomic E-state index is 12.1. The molecule has 3 nitrogen and oxygen atoms in total. The maximum absolute atomic E-state index is 12.1. The van der Waals surface area contributed by atoms with Gasteiger partial charge >= 0.3 is 0 Å². The van der Waals surface area contributed by atoms with Crippen molar-refractivity contribution < 1.29 is 4.21 Å². The third kappa shape index (κ3) is 3.28. The third-order valence-electron chi connectivity index (χ3n) is 3.08. The van der Waals surface area contributed by atoms with Crippen LogP contribution in [0, 0.1) is 0 Å². The van der Waals surface area contributed by atoms with Gasteiger partial charge in [0.15, 0.2) is 5.16 Å². The second-order valence-corrected chi connectivity index (χ2v) is 7.19. The van der Waals surface area contributed by atoms with Gasteiger partial charge in [0.25, 0.3) is 0 Å². The average Bonchev–Trinajstić information content (AvgIpc) is 3.19. The summed E-state index contributed by atoms with van der Waals surface area (Å²) >= 11 is 1.70. The Morgan fingerprint density at radius 1 is 1.32 bits per heavy atom. The van der Waals surface area contributed by atoms with Crippen LogP contribution in [0.15, 0.2) is 52.8 Å². The highest BCUT2D eigenvalue weighted by Crippen LogP contribution is 2.37. The molecule has 1 saturated carbocycles. The summed E-state index contributed by atoms with van der Waals surface area (Å²) < 4.78 is 14.3. The first-order chi connectivity index (χ1) is 9.34. The van der Waals surface area contributed by atoms with Gasteiger partial charge in [0.05, 0.1) is 10.8 Å². The second kappa shape index (κ2) is 5.92. The number of hydrogen-bond acceptors (Lipinski definition) is 3. The van der Waals surface area contributed by atoms with E-state index >= 15 is 0 Å². The quantitative estimate of drug-likeness (QED) is 0.767. The first-order valence-corrected chi connectivity index (χ1v) is 8.74. The summed E-state index contributed by atoms with van der Waals surface area (Å²) in [4.78, 5) is 5.28. The lowest BCUT2D eigenvalue weighted by atomic mass is 10.4. The zero-order valence-electron chi connectivity index (χ0n) is 10.6. The van der Waals surface area contributed by atoms with Crippen molar-refractivity contribution >= 4 is 22.6 Å². The Bertz CT molecular complexity index is 564. The molecule has 0 N–H and O–H groups in total. The van der Waals surface area contributed by atoms with E-state index < -0.39 is 10.8 Å². The number of imidazole rings is 1. The number of aromatic nitrogens is 2. The molecule has 19 heavy (non-hydrogen) atoms. The number of nitrogens with zero attached hydrogens (tertiary/aromatic N) is 2. The lowest BCUT2D eigenvalue weighted by molar-refractivity contribution is 0.663. The minimum Gasteiger partial charge on any atom is -0.323 e. The van der Waals surface area contributed by atoms with Gasteiger partial charge in [0.2, 0.25) is 0 Å². The zero-order chi connectivity index (χ0) is 13.1. The van der Waals surface area contributed by atoms with Gasteiger partial charge in [0, 0.05) is 34.8 Å². The van der Waals surface area contributed by atoms with E-state index in [0.717, 1.165) is 15.8 Å². The third-order valence-corrected chi connectivity index (χ3v) is 5.69. The van der Waals surface area contributed by atoms with Crippen LogP contribution in [0.4, 0.5) is 0 Å². The summed E-state index contributed by atoms with van der Waals surface area (Å²) in [6, 6.07) is 10.3. The Balaban J connectivity index is 1.53. The first kappa shape index (κ1) is 12.9. The summed E-state index contributed by atoms with van der Waals surface area (Å²) in [5, 5.41) is 1.06. The fraction of sp³-hybridized carbons (Fsp3) is 0.357. The van der Waals surface area contributed by atoms with E-state index in [-0.39, 0.29) is 0 Å². The van der Waals surface area contributed by atoms with E-state index in [0.29, 0.717) is 11.8 Å². The highest BCUT2D eigenvalue weighted by Gasteiger charge is 2.25. The van der Waals surface area contributed by atoms with Crippen LogP contribution in [-0.2, 0) is 10.8 Å². The van der Waals surface area contributed by atoms with Gasteiger partial charge in [-0.25, -0.2) is 4.98 Å². The summed E-state index contributed by atoms with van der Waals surface area (Å²) in [5.41, 5.74) is 0. The van der Waals surface area contributed by atoms with Crippen molar-refractivity contribution in [2.75, 3.05) is 11.5 Å². The fourth-order valence-electron chi connectivity index (χ4n) is 1.94.